The molecule has 2 rings (SSSR count). The van der Waals surface area contributed by atoms with Crippen LogP contribution in [0, 0.1) is 0 Å². The lowest BCUT2D eigenvalue weighted by Gasteiger charge is -2.03. The van der Waals surface area contributed by atoms with Gasteiger partial charge in [0.05, 0.1) is 0 Å². The van der Waals surface area contributed by atoms with Crippen molar-refractivity contribution in [1.29, 1.82) is 0 Å². The molecule has 0 saturated heterocycles. The number of nitrogens with two attached hydrogens (primary N) is 1. The Bertz CT molecular complexity index is 397. The van der Waals surface area contributed by atoms with Gasteiger partial charge in [0, 0.05) is 6.54 Å². The maximum absolute atomic E-state index is 5.48. The van der Waals surface area contributed by atoms with Gasteiger partial charge in [-0.05, 0) is 17.7 Å². The van der Waals surface area contributed by atoms with Crippen molar-refractivity contribution in [2.75, 3.05) is 0 Å². The Morgan fingerprint density at radius 1 is 1.27 bits per heavy atom. The normalized spacial score (nSPS) is 10.2. The quantitative estimate of drug-likeness (QED) is 0.809. The smallest absolute Gasteiger partial charge is 0.213 e. The Morgan fingerprint density at radius 2 is 2.07 bits per heavy atom. The van der Waals surface area contributed by atoms with E-state index in [4.69, 9.17) is 10.5 Å². The van der Waals surface area contributed by atoms with Gasteiger partial charge >= 0.3 is 0 Å². The molecule has 2 aromatic rings. The molecule has 0 fully saturated rings. The van der Waals surface area contributed by atoms with Gasteiger partial charge in [0.15, 0.2) is 6.61 Å². The maximum atomic E-state index is 5.48. The summed E-state index contributed by atoms with van der Waals surface area (Å²) in [5, 5.41) is 3.63. The number of nitrogens with zero attached hydrogens (tertiary/aromatic N) is 2. The summed E-state index contributed by atoms with van der Waals surface area (Å²) in [5.74, 6) is 1.29. The molecule has 0 radical (unpaired) electrons. The molecule has 0 aliphatic carbocycles. The van der Waals surface area contributed by atoms with Crippen LogP contribution < -0.4 is 10.5 Å². The molecule has 0 unspecified atom stereocenters. The number of hydrogen-bond acceptors (Lipinski definition) is 5. The number of benzene rings is 1. The molecule has 0 spiro atoms. The van der Waals surface area contributed by atoms with Crippen molar-refractivity contribution < 1.29 is 9.26 Å². The maximum Gasteiger partial charge on any atom is 0.213 e. The van der Waals surface area contributed by atoms with Crippen LogP contribution in [-0.2, 0) is 13.2 Å². The van der Waals surface area contributed by atoms with Crippen LogP contribution in [0.25, 0.3) is 0 Å². The number of aromatic nitrogens is 2. The molecule has 0 aliphatic heterocycles. The van der Waals surface area contributed by atoms with Crippen molar-refractivity contribution in [2.24, 2.45) is 5.73 Å². The SMILES string of the molecule is NCc1ccc(OCc2ncon2)cc1. The lowest BCUT2D eigenvalue weighted by molar-refractivity contribution is 0.286. The minimum absolute atomic E-state index is 0.304. The lowest BCUT2D eigenvalue weighted by Crippen LogP contribution is -1.98. The van der Waals surface area contributed by atoms with Crippen molar-refractivity contribution in [3.05, 3.63) is 42.0 Å². The summed E-state index contributed by atoms with van der Waals surface area (Å²) in [5.41, 5.74) is 6.55. The molecule has 1 heterocycles. The van der Waals surface area contributed by atoms with Crippen LogP contribution in [0.5, 0.6) is 5.75 Å². The molecule has 2 N–H and O–H groups in total. The van der Waals surface area contributed by atoms with Crippen molar-refractivity contribution >= 4 is 0 Å². The molecule has 0 aliphatic rings. The standard InChI is InChI=1S/C10H11N3O2/c11-5-8-1-3-9(4-2-8)14-6-10-12-7-15-13-10/h1-4,7H,5-6,11H2. The topological polar surface area (TPSA) is 74.2 Å². The molecule has 0 atom stereocenters. The van der Waals surface area contributed by atoms with Crippen LogP contribution in [0.15, 0.2) is 35.2 Å². The van der Waals surface area contributed by atoms with E-state index in [9.17, 15) is 0 Å². The van der Waals surface area contributed by atoms with Gasteiger partial charge < -0.3 is 15.0 Å². The van der Waals surface area contributed by atoms with Crippen molar-refractivity contribution in [2.45, 2.75) is 13.2 Å². The highest BCUT2D eigenvalue weighted by Gasteiger charge is 1.99. The van der Waals surface area contributed by atoms with Gasteiger partial charge in [-0.1, -0.05) is 17.3 Å². The molecule has 5 heteroatoms. The van der Waals surface area contributed by atoms with Crippen LogP contribution in [-0.4, -0.2) is 10.1 Å². The molecular weight excluding hydrogens is 194 g/mol. The first-order chi connectivity index (χ1) is 7.38. The van der Waals surface area contributed by atoms with Crippen LogP contribution in [0.1, 0.15) is 11.4 Å². The number of hydrogen-bond donors (Lipinski definition) is 1. The Balaban J connectivity index is 1.93. The van der Waals surface area contributed by atoms with Gasteiger partial charge in [0.2, 0.25) is 12.2 Å². The fraction of sp³-hybridized carbons (Fsp3) is 0.200. The molecule has 0 saturated carbocycles. The predicted molar refractivity (Wildman–Crippen MR) is 53.0 cm³/mol. The molecule has 0 amide bonds. The third-order valence-corrected chi connectivity index (χ3v) is 1.93. The summed E-state index contributed by atoms with van der Waals surface area (Å²) in [6.45, 7) is 0.837. The zero-order chi connectivity index (χ0) is 10.5. The van der Waals surface area contributed by atoms with Crippen LogP contribution in [0.3, 0.4) is 0 Å². The average molecular weight is 205 g/mol. The predicted octanol–water partition coefficient (Wildman–Crippen LogP) is 1.11. The second-order valence-corrected chi connectivity index (χ2v) is 2.98. The molecule has 1 aromatic carbocycles. The molecular formula is C10H11N3O2. The minimum Gasteiger partial charge on any atom is -0.485 e. The van der Waals surface area contributed by atoms with E-state index in [-0.39, 0.29) is 0 Å². The third-order valence-electron chi connectivity index (χ3n) is 1.93. The van der Waals surface area contributed by atoms with Crippen molar-refractivity contribution in [3.8, 4) is 5.75 Å². The highest BCUT2D eigenvalue weighted by molar-refractivity contribution is 5.27. The lowest BCUT2D eigenvalue weighted by atomic mass is 10.2. The molecule has 0 bridgehead atoms. The minimum atomic E-state index is 0.304. The van der Waals surface area contributed by atoms with E-state index in [1.807, 2.05) is 24.3 Å². The Morgan fingerprint density at radius 3 is 2.67 bits per heavy atom. The van der Waals surface area contributed by atoms with E-state index in [2.05, 4.69) is 14.7 Å². The van der Waals surface area contributed by atoms with Crippen LogP contribution in [0.4, 0.5) is 0 Å². The Hall–Kier alpha value is -1.88. The summed E-state index contributed by atoms with van der Waals surface area (Å²) < 4.78 is 10.0. The zero-order valence-electron chi connectivity index (χ0n) is 8.09. The Labute approximate surface area is 86.9 Å². The highest BCUT2D eigenvalue weighted by Crippen LogP contribution is 2.12. The summed E-state index contributed by atoms with van der Waals surface area (Å²) in [7, 11) is 0. The highest BCUT2D eigenvalue weighted by atomic mass is 16.5. The summed E-state index contributed by atoms with van der Waals surface area (Å²) in [4.78, 5) is 3.84. The number of ether oxygens (including phenoxy) is 1. The first-order valence-corrected chi connectivity index (χ1v) is 4.55. The van der Waals surface area contributed by atoms with E-state index in [0.29, 0.717) is 19.0 Å². The van der Waals surface area contributed by atoms with E-state index in [1.54, 1.807) is 0 Å². The van der Waals surface area contributed by atoms with Crippen LogP contribution in [0.2, 0.25) is 0 Å². The third kappa shape index (κ3) is 2.54. The van der Waals surface area contributed by atoms with Gasteiger partial charge in [0.25, 0.3) is 0 Å². The first kappa shape index (κ1) is 9.67. The van der Waals surface area contributed by atoms with E-state index in [0.717, 1.165) is 11.3 Å². The first-order valence-electron chi connectivity index (χ1n) is 4.55. The fourth-order valence-corrected chi connectivity index (χ4v) is 1.13. The number of rotatable bonds is 4. The largest absolute Gasteiger partial charge is 0.485 e. The average Bonchev–Trinajstić information content (AvgIpc) is 2.80. The fourth-order valence-electron chi connectivity index (χ4n) is 1.13. The van der Waals surface area contributed by atoms with E-state index in [1.165, 1.54) is 6.39 Å². The monoisotopic (exact) mass is 205 g/mol. The van der Waals surface area contributed by atoms with Gasteiger partial charge in [-0.2, -0.15) is 4.98 Å². The Kier molecular flexibility index (Phi) is 2.94. The second-order valence-electron chi connectivity index (χ2n) is 2.98. The second kappa shape index (κ2) is 4.56. The van der Waals surface area contributed by atoms with Crippen molar-refractivity contribution in [1.82, 2.24) is 10.1 Å². The van der Waals surface area contributed by atoms with Crippen molar-refractivity contribution in [3.63, 3.8) is 0 Å². The zero-order valence-corrected chi connectivity index (χ0v) is 8.09. The summed E-state index contributed by atoms with van der Waals surface area (Å²) in [6.07, 6.45) is 1.27. The van der Waals surface area contributed by atoms with Crippen LogP contribution >= 0.6 is 0 Å². The van der Waals surface area contributed by atoms with Gasteiger partial charge in [-0.15, -0.1) is 0 Å². The van der Waals surface area contributed by atoms with Gasteiger partial charge in [-0.3, -0.25) is 0 Å². The molecule has 15 heavy (non-hydrogen) atoms. The molecule has 78 valence electrons. The molecule has 1 aromatic heterocycles. The summed E-state index contributed by atoms with van der Waals surface area (Å²) in [6, 6.07) is 7.57. The summed E-state index contributed by atoms with van der Waals surface area (Å²) >= 11 is 0. The van der Waals surface area contributed by atoms with E-state index >= 15 is 0 Å². The van der Waals surface area contributed by atoms with Gasteiger partial charge in [-0.25, -0.2) is 0 Å². The van der Waals surface area contributed by atoms with Gasteiger partial charge in [0.1, 0.15) is 5.75 Å². The van der Waals surface area contributed by atoms with E-state index < -0.39 is 0 Å². The molecule has 5 nitrogen and oxygen atoms in total.